The maximum atomic E-state index is 12.3. The van der Waals surface area contributed by atoms with Gasteiger partial charge in [-0.25, -0.2) is 4.98 Å². The lowest BCUT2D eigenvalue weighted by Gasteiger charge is -2.15. The highest BCUT2D eigenvalue weighted by Crippen LogP contribution is 2.24. The van der Waals surface area contributed by atoms with Crippen molar-refractivity contribution in [3.05, 3.63) is 41.8 Å². The van der Waals surface area contributed by atoms with Crippen LogP contribution in [0.4, 0.5) is 5.13 Å². The lowest BCUT2D eigenvalue weighted by molar-refractivity contribution is 0.0782. The van der Waals surface area contributed by atoms with E-state index in [1.807, 2.05) is 6.07 Å². The van der Waals surface area contributed by atoms with E-state index in [9.17, 15) is 4.79 Å². The smallest absolute Gasteiger partial charge is 0.254 e. The van der Waals surface area contributed by atoms with Gasteiger partial charge in [-0.15, -0.1) is 0 Å². The molecule has 0 atom stereocenters. The molecule has 0 aliphatic heterocycles. The van der Waals surface area contributed by atoms with Crippen molar-refractivity contribution in [1.29, 1.82) is 0 Å². The Labute approximate surface area is 118 Å². The van der Waals surface area contributed by atoms with Crippen molar-refractivity contribution in [3.8, 4) is 0 Å². The average molecular weight is 288 g/mol. The number of nitrogens with two attached hydrogens (primary N) is 1. The van der Waals surface area contributed by atoms with Gasteiger partial charge in [0, 0.05) is 18.7 Å². The van der Waals surface area contributed by atoms with Crippen molar-refractivity contribution in [1.82, 2.24) is 15.0 Å². The van der Waals surface area contributed by atoms with E-state index in [4.69, 9.17) is 10.3 Å². The zero-order valence-electron chi connectivity index (χ0n) is 10.7. The summed E-state index contributed by atoms with van der Waals surface area (Å²) < 4.78 is 5.72. The molecular weight excluding hydrogens is 276 g/mol. The first-order valence-electron chi connectivity index (χ1n) is 5.94. The number of carbonyl (C=O) groups excluding carboxylic acids is 1. The summed E-state index contributed by atoms with van der Waals surface area (Å²) in [5, 5.41) is 4.29. The summed E-state index contributed by atoms with van der Waals surface area (Å²) in [4.78, 5) is 18.1. The molecule has 2 heterocycles. The van der Waals surface area contributed by atoms with Gasteiger partial charge in [0.2, 0.25) is 0 Å². The molecule has 1 amide bonds. The van der Waals surface area contributed by atoms with Crippen molar-refractivity contribution in [3.63, 3.8) is 0 Å². The van der Waals surface area contributed by atoms with Gasteiger partial charge in [-0.05, 0) is 18.2 Å². The predicted octanol–water partition coefficient (Wildman–Crippen LogP) is 2.14. The second-order valence-corrected chi connectivity index (χ2v) is 5.45. The quantitative estimate of drug-likeness (QED) is 0.798. The van der Waals surface area contributed by atoms with Crippen LogP contribution < -0.4 is 5.73 Å². The van der Waals surface area contributed by atoms with E-state index in [0.717, 1.165) is 10.2 Å². The lowest BCUT2D eigenvalue weighted by atomic mass is 10.2. The number of nitrogen functional groups attached to an aromatic ring is 1. The molecule has 0 saturated carbocycles. The Morgan fingerprint density at radius 2 is 2.30 bits per heavy atom. The van der Waals surface area contributed by atoms with Gasteiger partial charge in [-0.3, -0.25) is 4.79 Å². The van der Waals surface area contributed by atoms with E-state index in [0.29, 0.717) is 22.9 Å². The van der Waals surface area contributed by atoms with Gasteiger partial charge >= 0.3 is 0 Å². The normalized spacial score (nSPS) is 10.8. The number of thiazole rings is 1. The molecule has 0 aliphatic rings. The summed E-state index contributed by atoms with van der Waals surface area (Å²) in [7, 11) is 1.72. The molecule has 6 nitrogen and oxygen atoms in total. The first-order chi connectivity index (χ1) is 9.63. The van der Waals surface area contributed by atoms with Gasteiger partial charge in [0.25, 0.3) is 5.91 Å². The number of nitrogens with zero attached hydrogens (tertiary/aromatic N) is 3. The molecule has 0 bridgehead atoms. The molecule has 3 aromatic rings. The van der Waals surface area contributed by atoms with Crippen LogP contribution in [-0.4, -0.2) is 28.0 Å². The summed E-state index contributed by atoms with van der Waals surface area (Å²) in [6, 6.07) is 7.13. The number of fused-ring (bicyclic) bond motifs is 1. The Morgan fingerprint density at radius 1 is 1.45 bits per heavy atom. The standard InChI is InChI=1S/C13H12N4O2S/c1-17(7-9-4-5-19-16-9)12(18)8-2-3-11-10(6-8)15-13(14)20-11/h2-6H,7H2,1H3,(H2,14,15). The molecule has 20 heavy (non-hydrogen) atoms. The van der Waals surface area contributed by atoms with Crippen LogP contribution in [0.3, 0.4) is 0 Å². The highest BCUT2D eigenvalue weighted by Gasteiger charge is 2.14. The fourth-order valence-electron chi connectivity index (χ4n) is 1.93. The molecule has 0 saturated heterocycles. The van der Waals surface area contributed by atoms with Gasteiger partial charge in [-0.2, -0.15) is 0 Å². The second kappa shape index (κ2) is 4.93. The number of hydrogen-bond donors (Lipinski definition) is 1. The molecule has 0 aliphatic carbocycles. The molecule has 0 fully saturated rings. The van der Waals surface area contributed by atoms with Crippen LogP contribution >= 0.6 is 11.3 Å². The van der Waals surface area contributed by atoms with E-state index in [1.165, 1.54) is 17.6 Å². The van der Waals surface area contributed by atoms with Crippen LogP contribution in [0.25, 0.3) is 10.2 Å². The average Bonchev–Trinajstić information content (AvgIpc) is 3.04. The maximum absolute atomic E-state index is 12.3. The molecule has 3 rings (SSSR count). The van der Waals surface area contributed by atoms with E-state index >= 15 is 0 Å². The largest absolute Gasteiger partial charge is 0.375 e. The minimum atomic E-state index is -0.0959. The van der Waals surface area contributed by atoms with Crippen LogP contribution in [0.5, 0.6) is 0 Å². The number of benzene rings is 1. The summed E-state index contributed by atoms with van der Waals surface area (Å²) in [5.41, 5.74) is 7.69. The highest BCUT2D eigenvalue weighted by atomic mass is 32.1. The van der Waals surface area contributed by atoms with Crippen molar-refractivity contribution in [2.45, 2.75) is 6.54 Å². The first-order valence-corrected chi connectivity index (χ1v) is 6.76. The van der Waals surface area contributed by atoms with E-state index in [-0.39, 0.29) is 5.91 Å². The van der Waals surface area contributed by atoms with E-state index in [1.54, 1.807) is 30.1 Å². The molecule has 0 radical (unpaired) electrons. The minimum Gasteiger partial charge on any atom is -0.375 e. The van der Waals surface area contributed by atoms with Gasteiger partial charge in [-0.1, -0.05) is 16.5 Å². The van der Waals surface area contributed by atoms with Crippen LogP contribution in [-0.2, 0) is 6.54 Å². The molecule has 0 unspecified atom stereocenters. The van der Waals surface area contributed by atoms with Crippen LogP contribution in [0.1, 0.15) is 16.1 Å². The number of amides is 1. The topological polar surface area (TPSA) is 85.2 Å². The Morgan fingerprint density at radius 3 is 3.05 bits per heavy atom. The predicted molar refractivity (Wildman–Crippen MR) is 76.3 cm³/mol. The second-order valence-electron chi connectivity index (χ2n) is 4.39. The summed E-state index contributed by atoms with van der Waals surface area (Å²) in [5.74, 6) is -0.0959. The Bertz CT molecular complexity index is 751. The van der Waals surface area contributed by atoms with Crippen molar-refractivity contribution in [2.75, 3.05) is 12.8 Å². The Kier molecular flexibility index (Phi) is 3.11. The number of hydrogen-bond acceptors (Lipinski definition) is 6. The third-order valence-electron chi connectivity index (χ3n) is 2.89. The third kappa shape index (κ3) is 2.35. The third-order valence-corrected chi connectivity index (χ3v) is 3.75. The van der Waals surface area contributed by atoms with Crippen LogP contribution in [0.15, 0.2) is 35.1 Å². The van der Waals surface area contributed by atoms with E-state index < -0.39 is 0 Å². The highest BCUT2D eigenvalue weighted by molar-refractivity contribution is 7.22. The number of rotatable bonds is 3. The molecule has 2 aromatic heterocycles. The minimum absolute atomic E-state index is 0.0959. The monoisotopic (exact) mass is 288 g/mol. The van der Waals surface area contributed by atoms with Gasteiger partial charge in [0.15, 0.2) is 5.13 Å². The van der Waals surface area contributed by atoms with E-state index in [2.05, 4.69) is 10.1 Å². The Hall–Kier alpha value is -2.41. The fourth-order valence-corrected chi connectivity index (χ4v) is 2.65. The van der Waals surface area contributed by atoms with Crippen LogP contribution in [0.2, 0.25) is 0 Å². The first kappa shape index (κ1) is 12.6. The molecule has 2 N–H and O–H groups in total. The van der Waals surface area contributed by atoms with Crippen molar-refractivity contribution in [2.24, 2.45) is 0 Å². The molecule has 0 spiro atoms. The zero-order valence-corrected chi connectivity index (χ0v) is 11.6. The molecular formula is C13H12N4O2S. The number of anilines is 1. The molecule has 102 valence electrons. The SMILES string of the molecule is CN(Cc1ccon1)C(=O)c1ccc2sc(N)nc2c1. The van der Waals surface area contributed by atoms with Gasteiger partial charge < -0.3 is 15.2 Å². The number of carbonyl (C=O) groups is 1. The fraction of sp³-hybridized carbons (Fsp3) is 0.154. The maximum Gasteiger partial charge on any atom is 0.254 e. The van der Waals surface area contributed by atoms with Crippen LogP contribution in [0, 0.1) is 0 Å². The number of aromatic nitrogens is 2. The molecule has 7 heteroatoms. The zero-order chi connectivity index (χ0) is 14.1. The van der Waals surface area contributed by atoms with Crippen molar-refractivity contribution < 1.29 is 9.32 Å². The Balaban J connectivity index is 1.83. The summed E-state index contributed by atoms with van der Waals surface area (Å²) in [6.07, 6.45) is 1.48. The van der Waals surface area contributed by atoms with Gasteiger partial charge in [0.1, 0.15) is 12.0 Å². The molecule has 1 aromatic carbocycles. The van der Waals surface area contributed by atoms with Crippen molar-refractivity contribution >= 4 is 32.6 Å². The lowest BCUT2D eigenvalue weighted by Crippen LogP contribution is -2.26. The van der Waals surface area contributed by atoms with Gasteiger partial charge in [0.05, 0.1) is 16.8 Å². The summed E-state index contributed by atoms with van der Waals surface area (Å²) in [6.45, 7) is 0.395. The summed E-state index contributed by atoms with van der Waals surface area (Å²) >= 11 is 1.40.